The van der Waals surface area contributed by atoms with E-state index in [1.165, 1.54) is 25.0 Å². The van der Waals surface area contributed by atoms with Crippen LogP contribution in [0.2, 0.25) is 0 Å². The molecule has 1 aliphatic rings. The zero-order valence-corrected chi connectivity index (χ0v) is 10.9. The highest BCUT2D eigenvalue weighted by Crippen LogP contribution is 2.26. The fourth-order valence-electron chi connectivity index (χ4n) is 2.01. The molecule has 0 aliphatic heterocycles. The van der Waals surface area contributed by atoms with Gasteiger partial charge in [0.1, 0.15) is 0 Å². The Kier molecular flexibility index (Phi) is 4.51. The van der Waals surface area contributed by atoms with Gasteiger partial charge < -0.3 is 5.32 Å². The Labute approximate surface area is 104 Å². The Morgan fingerprint density at radius 3 is 2.82 bits per heavy atom. The number of nitrogens with one attached hydrogen (secondary N) is 1. The molecule has 1 fully saturated rings. The average Bonchev–Trinajstić information content (AvgIpc) is 3.14. The number of rotatable bonds is 7. The third-order valence-corrected chi connectivity index (χ3v) is 3.18. The van der Waals surface area contributed by atoms with E-state index in [4.69, 9.17) is 4.98 Å². The molecule has 3 heteroatoms. The van der Waals surface area contributed by atoms with Gasteiger partial charge in [0.2, 0.25) is 0 Å². The van der Waals surface area contributed by atoms with E-state index in [2.05, 4.69) is 42.4 Å². The first kappa shape index (κ1) is 12.5. The molecule has 1 N–H and O–H groups in total. The SMILES string of the molecule is CCCNCc1cccc(CN(C)C2CC2)n1. The van der Waals surface area contributed by atoms with E-state index >= 15 is 0 Å². The minimum Gasteiger partial charge on any atom is -0.311 e. The summed E-state index contributed by atoms with van der Waals surface area (Å²) in [6, 6.07) is 7.15. The lowest BCUT2D eigenvalue weighted by Gasteiger charge is -2.15. The molecule has 1 heterocycles. The Bertz CT molecular complexity index is 347. The summed E-state index contributed by atoms with van der Waals surface area (Å²) in [6.45, 7) is 5.11. The average molecular weight is 233 g/mol. The van der Waals surface area contributed by atoms with Gasteiger partial charge in [-0.3, -0.25) is 9.88 Å². The van der Waals surface area contributed by atoms with Crippen LogP contribution in [0.1, 0.15) is 37.6 Å². The molecule has 0 spiro atoms. The van der Waals surface area contributed by atoms with Crippen molar-refractivity contribution in [2.75, 3.05) is 13.6 Å². The monoisotopic (exact) mass is 233 g/mol. The highest BCUT2D eigenvalue weighted by molar-refractivity contribution is 5.11. The molecule has 0 atom stereocenters. The molecular weight excluding hydrogens is 210 g/mol. The molecule has 1 saturated carbocycles. The van der Waals surface area contributed by atoms with Crippen LogP contribution in [0.15, 0.2) is 18.2 Å². The largest absolute Gasteiger partial charge is 0.311 e. The molecule has 1 aromatic heterocycles. The zero-order valence-electron chi connectivity index (χ0n) is 10.9. The van der Waals surface area contributed by atoms with Gasteiger partial charge in [-0.15, -0.1) is 0 Å². The van der Waals surface area contributed by atoms with Gasteiger partial charge in [-0.2, -0.15) is 0 Å². The van der Waals surface area contributed by atoms with Gasteiger partial charge in [-0.25, -0.2) is 0 Å². The molecule has 0 unspecified atom stereocenters. The van der Waals surface area contributed by atoms with Crippen molar-refractivity contribution in [2.45, 2.75) is 45.3 Å². The van der Waals surface area contributed by atoms with Gasteiger partial charge in [-0.05, 0) is 45.0 Å². The molecule has 17 heavy (non-hydrogen) atoms. The Morgan fingerprint density at radius 1 is 1.35 bits per heavy atom. The van der Waals surface area contributed by atoms with Gasteiger partial charge in [-0.1, -0.05) is 13.0 Å². The smallest absolute Gasteiger partial charge is 0.0547 e. The van der Waals surface area contributed by atoms with E-state index in [-0.39, 0.29) is 0 Å². The van der Waals surface area contributed by atoms with E-state index in [9.17, 15) is 0 Å². The first-order chi connectivity index (χ1) is 8.29. The molecule has 0 bridgehead atoms. The number of aromatic nitrogens is 1. The van der Waals surface area contributed by atoms with Crippen molar-refractivity contribution in [3.63, 3.8) is 0 Å². The van der Waals surface area contributed by atoms with Gasteiger partial charge in [0.15, 0.2) is 0 Å². The standard InChI is InChI=1S/C14H23N3/c1-3-9-15-10-12-5-4-6-13(16-12)11-17(2)14-7-8-14/h4-6,14-15H,3,7-11H2,1-2H3. The molecular formula is C14H23N3. The fraction of sp³-hybridized carbons (Fsp3) is 0.643. The molecule has 0 aromatic carbocycles. The van der Waals surface area contributed by atoms with Crippen molar-refractivity contribution >= 4 is 0 Å². The zero-order chi connectivity index (χ0) is 12.1. The van der Waals surface area contributed by atoms with Crippen LogP contribution < -0.4 is 5.32 Å². The van der Waals surface area contributed by atoms with E-state index < -0.39 is 0 Å². The lowest BCUT2D eigenvalue weighted by molar-refractivity contribution is 0.312. The van der Waals surface area contributed by atoms with Crippen molar-refractivity contribution in [3.8, 4) is 0 Å². The van der Waals surface area contributed by atoms with Gasteiger partial charge in [0.05, 0.1) is 11.4 Å². The molecule has 0 amide bonds. The minimum atomic E-state index is 0.804. The second kappa shape index (κ2) is 6.12. The second-order valence-electron chi connectivity index (χ2n) is 4.94. The van der Waals surface area contributed by atoms with Crippen LogP contribution in [0.5, 0.6) is 0 Å². The van der Waals surface area contributed by atoms with Crippen molar-refractivity contribution < 1.29 is 0 Å². The Morgan fingerprint density at radius 2 is 2.12 bits per heavy atom. The number of pyridine rings is 1. The van der Waals surface area contributed by atoms with Gasteiger partial charge in [0, 0.05) is 19.1 Å². The summed E-state index contributed by atoms with van der Waals surface area (Å²) >= 11 is 0. The van der Waals surface area contributed by atoms with E-state index in [0.29, 0.717) is 0 Å². The molecule has 94 valence electrons. The predicted molar refractivity (Wildman–Crippen MR) is 70.7 cm³/mol. The summed E-state index contributed by atoms with van der Waals surface area (Å²) in [7, 11) is 2.20. The maximum Gasteiger partial charge on any atom is 0.0547 e. The van der Waals surface area contributed by atoms with Crippen LogP contribution in [0, 0.1) is 0 Å². The van der Waals surface area contributed by atoms with Gasteiger partial charge >= 0.3 is 0 Å². The lowest BCUT2D eigenvalue weighted by Crippen LogP contribution is -2.21. The first-order valence-corrected chi connectivity index (χ1v) is 6.65. The number of hydrogen-bond donors (Lipinski definition) is 1. The molecule has 2 rings (SSSR count). The predicted octanol–water partition coefficient (Wildman–Crippen LogP) is 2.18. The molecule has 1 aliphatic carbocycles. The fourth-order valence-corrected chi connectivity index (χ4v) is 2.01. The van der Waals surface area contributed by atoms with Crippen LogP contribution in [-0.2, 0) is 13.1 Å². The topological polar surface area (TPSA) is 28.2 Å². The molecule has 1 aromatic rings. The quantitative estimate of drug-likeness (QED) is 0.732. The molecule has 3 nitrogen and oxygen atoms in total. The summed E-state index contributed by atoms with van der Waals surface area (Å²) in [4.78, 5) is 7.10. The minimum absolute atomic E-state index is 0.804. The van der Waals surface area contributed by atoms with Crippen LogP contribution in [0.3, 0.4) is 0 Å². The summed E-state index contributed by atoms with van der Waals surface area (Å²) in [5, 5.41) is 3.39. The number of hydrogen-bond acceptors (Lipinski definition) is 3. The third kappa shape index (κ3) is 4.10. The highest BCUT2D eigenvalue weighted by Gasteiger charge is 2.26. The summed E-state index contributed by atoms with van der Waals surface area (Å²) < 4.78 is 0. The van der Waals surface area contributed by atoms with Crippen LogP contribution >= 0.6 is 0 Å². The van der Waals surface area contributed by atoms with Crippen molar-refractivity contribution in [2.24, 2.45) is 0 Å². The van der Waals surface area contributed by atoms with Crippen LogP contribution in [0.25, 0.3) is 0 Å². The Hall–Kier alpha value is -0.930. The van der Waals surface area contributed by atoms with Gasteiger partial charge in [0.25, 0.3) is 0 Å². The maximum atomic E-state index is 4.69. The first-order valence-electron chi connectivity index (χ1n) is 6.65. The van der Waals surface area contributed by atoms with Crippen molar-refractivity contribution in [1.29, 1.82) is 0 Å². The summed E-state index contributed by atoms with van der Waals surface area (Å²) in [5.41, 5.74) is 2.34. The second-order valence-corrected chi connectivity index (χ2v) is 4.94. The van der Waals surface area contributed by atoms with E-state index in [0.717, 1.165) is 31.4 Å². The summed E-state index contributed by atoms with van der Waals surface area (Å²) in [5.74, 6) is 0. The highest BCUT2D eigenvalue weighted by atomic mass is 15.2. The molecule has 0 saturated heterocycles. The maximum absolute atomic E-state index is 4.69. The van der Waals surface area contributed by atoms with Crippen LogP contribution in [-0.4, -0.2) is 29.5 Å². The van der Waals surface area contributed by atoms with Crippen molar-refractivity contribution in [1.82, 2.24) is 15.2 Å². The third-order valence-electron chi connectivity index (χ3n) is 3.18. The summed E-state index contributed by atoms with van der Waals surface area (Å²) in [6.07, 6.45) is 3.88. The van der Waals surface area contributed by atoms with Crippen LogP contribution in [0.4, 0.5) is 0 Å². The van der Waals surface area contributed by atoms with E-state index in [1.54, 1.807) is 0 Å². The van der Waals surface area contributed by atoms with E-state index in [1.807, 2.05) is 0 Å². The number of nitrogens with zero attached hydrogens (tertiary/aromatic N) is 2. The Balaban J connectivity index is 1.86. The lowest BCUT2D eigenvalue weighted by atomic mass is 10.3. The normalized spacial score (nSPS) is 15.5. The van der Waals surface area contributed by atoms with Crippen molar-refractivity contribution in [3.05, 3.63) is 29.6 Å². The molecule has 0 radical (unpaired) electrons.